The third-order valence-electron chi connectivity index (χ3n) is 7.47. The molecule has 2 aromatic rings. The topological polar surface area (TPSA) is 87.2 Å². The molecule has 38 heavy (non-hydrogen) atoms. The van der Waals surface area contributed by atoms with Crippen molar-refractivity contribution in [3.8, 4) is 5.75 Å². The largest absolute Gasteiger partial charge is 0.573 e. The van der Waals surface area contributed by atoms with Gasteiger partial charge in [0.25, 0.3) is 5.91 Å². The highest BCUT2D eigenvalue weighted by molar-refractivity contribution is 6.31. The van der Waals surface area contributed by atoms with E-state index in [0.29, 0.717) is 17.1 Å². The molecule has 0 radical (unpaired) electrons. The zero-order chi connectivity index (χ0) is 27.2. The minimum atomic E-state index is -4.84. The van der Waals surface area contributed by atoms with E-state index in [2.05, 4.69) is 4.74 Å². The minimum absolute atomic E-state index is 0.0227. The molecule has 202 valence electrons. The van der Waals surface area contributed by atoms with E-state index in [9.17, 15) is 27.6 Å². The summed E-state index contributed by atoms with van der Waals surface area (Å²) in [4.78, 5) is 41.8. The van der Waals surface area contributed by atoms with Gasteiger partial charge in [0.05, 0.1) is 18.2 Å². The maximum Gasteiger partial charge on any atom is 0.573 e. The monoisotopic (exact) mass is 550 g/mol. The molecular weight excluding hydrogens is 525 g/mol. The van der Waals surface area contributed by atoms with Crippen molar-refractivity contribution in [2.24, 2.45) is 5.92 Å². The smallest absolute Gasteiger partial charge is 0.481 e. The fourth-order valence-electron chi connectivity index (χ4n) is 5.88. The Kier molecular flexibility index (Phi) is 7.02. The van der Waals surface area contributed by atoms with Gasteiger partial charge in [0.1, 0.15) is 5.75 Å². The van der Waals surface area contributed by atoms with Gasteiger partial charge in [-0.15, -0.1) is 13.2 Å². The molecule has 3 aliphatic rings. The number of rotatable bonds is 7. The average molecular weight is 551 g/mol. The molecule has 2 fully saturated rings. The molecular formula is C27H26ClF3N2O5. The SMILES string of the molecule is O=C(O)CCC(=O)N(C1CC1)[C@H]1c2ccc(Cl)cc2N(C(=O)c2ccc(OC(F)(F)F)cc2)[C@H]2CCC[C@H]21. The van der Waals surface area contributed by atoms with Crippen molar-refractivity contribution >= 4 is 35.1 Å². The minimum Gasteiger partial charge on any atom is -0.481 e. The number of ether oxygens (including phenoxy) is 1. The summed E-state index contributed by atoms with van der Waals surface area (Å²) < 4.78 is 41.7. The second-order valence-corrected chi connectivity index (χ2v) is 10.4. The number of nitrogens with zero attached hydrogens (tertiary/aromatic N) is 2. The van der Waals surface area contributed by atoms with Crippen molar-refractivity contribution in [2.75, 3.05) is 4.90 Å². The van der Waals surface area contributed by atoms with Crippen LogP contribution in [0.15, 0.2) is 42.5 Å². The van der Waals surface area contributed by atoms with Crippen molar-refractivity contribution in [1.82, 2.24) is 4.90 Å². The van der Waals surface area contributed by atoms with Crippen LogP contribution in [0.5, 0.6) is 5.75 Å². The van der Waals surface area contributed by atoms with Crippen LogP contribution < -0.4 is 9.64 Å². The lowest BCUT2D eigenvalue weighted by Crippen LogP contribution is -2.53. The van der Waals surface area contributed by atoms with Gasteiger partial charge in [-0.3, -0.25) is 14.4 Å². The lowest BCUT2D eigenvalue weighted by Gasteiger charge is -2.48. The van der Waals surface area contributed by atoms with Crippen LogP contribution >= 0.6 is 11.6 Å². The maximum absolute atomic E-state index is 13.8. The predicted octanol–water partition coefficient (Wildman–Crippen LogP) is 5.96. The van der Waals surface area contributed by atoms with Gasteiger partial charge >= 0.3 is 12.3 Å². The summed E-state index contributed by atoms with van der Waals surface area (Å²) in [6.45, 7) is 0. The molecule has 0 saturated heterocycles. The number of anilines is 1. The highest BCUT2D eigenvalue weighted by Crippen LogP contribution is 2.53. The number of hydrogen-bond donors (Lipinski definition) is 1. The molecule has 2 amide bonds. The van der Waals surface area contributed by atoms with Crippen molar-refractivity contribution in [2.45, 2.75) is 69.4 Å². The molecule has 2 aromatic carbocycles. The fourth-order valence-corrected chi connectivity index (χ4v) is 6.05. The quantitative estimate of drug-likeness (QED) is 0.459. The van der Waals surface area contributed by atoms with Gasteiger partial charge in [0, 0.05) is 35.0 Å². The number of carboxylic acids is 1. The zero-order valence-electron chi connectivity index (χ0n) is 20.3. The van der Waals surface area contributed by atoms with E-state index in [1.165, 1.54) is 12.1 Å². The van der Waals surface area contributed by atoms with Crippen LogP contribution in [0.25, 0.3) is 0 Å². The summed E-state index contributed by atoms with van der Waals surface area (Å²) in [7, 11) is 0. The Morgan fingerprint density at radius 1 is 1.03 bits per heavy atom. The van der Waals surface area contributed by atoms with Crippen molar-refractivity contribution in [3.05, 3.63) is 58.6 Å². The number of carbonyl (C=O) groups excluding carboxylic acids is 2. The normalized spacial score (nSPS) is 22.4. The summed E-state index contributed by atoms with van der Waals surface area (Å²) in [5.74, 6) is -2.12. The maximum atomic E-state index is 13.8. The fraction of sp³-hybridized carbons (Fsp3) is 0.444. The Labute approximate surface area is 222 Å². The lowest BCUT2D eigenvalue weighted by molar-refractivity contribution is -0.274. The second kappa shape index (κ2) is 10.1. The first kappa shape index (κ1) is 26.3. The third kappa shape index (κ3) is 5.32. The summed E-state index contributed by atoms with van der Waals surface area (Å²) in [5, 5.41) is 9.53. The Bertz CT molecular complexity index is 1250. The number of carboxylic acid groups (broad SMARTS) is 1. The van der Waals surface area contributed by atoms with Gasteiger partial charge in [-0.1, -0.05) is 24.1 Å². The first-order valence-electron chi connectivity index (χ1n) is 12.6. The van der Waals surface area contributed by atoms with Crippen molar-refractivity contribution in [3.63, 3.8) is 0 Å². The molecule has 0 spiro atoms. The first-order chi connectivity index (χ1) is 18.0. The van der Waals surface area contributed by atoms with E-state index in [4.69, 9.17) is 16.7 Å². The van der Waals surface area contributed by atoms with Crippen LogP contribution in [0.3, 0.4) is 0 Å². The number of alkyl halides is 3. The molecule has 3 atom stereocenters. The second-order valence-electron chi connectivity index (χ2n) is 9.98. The molecule has 1 heterocycles. The number of fused-ring (bicyclic) bond motifs is 2. The third-order valence-corrected chi connectivity index (χ3v) is 7.71. The number of halogens is 4. The van der Waals surface area contributed by atoms with Gasteiger partial charge in [0.15, 0.2) is 0 Å². The number of aliphatic carboxylic acids is 1. The Hall–Kier alpha value is -3.27. The standard InChI is InChI=1S/C27H26ClF3N2O5/c28-16-6-11-20-22(14-16)33(26(37)15-4-9-18(10-5-15)38-27(29,30)31)21-3-1-2-19(21)25(20)32(17-7-8-17)23(34)12-13-24(35)36/h4-6,9-11,14,17,19,21,25H,1-3,7-8,12-13H2,(H,35,36)/t19-,21+,25-/m1/s1. The van der Waals surface area contributed by atoms with Crippen LogP contribution in [0.4, 0.5) is 18.9 Å². The van der Waals surface area contributed by atoms with Crippen LogP contribution in [-0.4, -0.2) is 46.2 Å². The van der Waals surface area contributed by atoms with E-state index in [-0.39, 0.29) is 54.3 Å². The summed E-state index contributed by atoms with van der Waals surface area (Å²) in [6.07, 6.45) is -1.22. The Morgan fingerprint density at radius 2 is 1.74 bits per heavy atom. The Morgan fingerprint density at radius 3 is 2.37 bits per heavy atom. The number of amides is 2. The number of hydrogen-bond acceptors (Lipinski definition) is 4. The van der Waals surface area contributed by atoms with Gasteiger partial charge in [0.2, 0.25) is 5.91 Å². The lowest BCUT2D eigenvalue weighted by atomic mass is 9.81. The molecule has 0 unspecified atom stereocenters. The van der Waals surface area contributed by atoms with Crippen molar-refractivity contribution in [1.29, 1.82) is 0 Å². The summed E-state index contributed by atoms with van der Waals surface area (Å²) >= 11 is 6.36. The molecule has 7 nitrogen and oxygen atoms in total. The molecule has 1 N–H and O–H groups in total. The Balaban J connectivity index is 1.52. The molecule has 11 heteroatoms. The molecule has 2 saturated carbocycles. The first-order valence-corrected chi connectivity index (χ1v) is 12.9. The van der Waals surface area contributed by atoms with Gasteiger partial charge in [-0.2, -0.15) is 0 Å². The molecule has 2 aliphatic carbocycles. The van der Waals surface area contributed by atoms with E-state index in [1.807, 2.05) is 11.0 Å². The number of carbonyl (C=O) groups is 3. The highest BCUT2D eigenvalue weighted by Gasteiger charge is 2.51. The van der Waals surface area contributed by atoms with E-state index in [1.54, 1.807) is 17.0 Å². The van der Waals surface area contributed by atoms with Gasteiger partial charge in [-0.05, 0) is 67.6 Å². The zero-order valence-corrected chi connectivity index (χ0v) is 21.0. The summed E-state index contributed by atoms with van der Waals surface area (Å²) in [5.41, 5.74) is 1.52. The van der Waals surface area contributed by atoms with E-state index >= 15 is 0 Å². The van der Waals surface area contributed by atoms with Crippen LogP contribution in [0.1, 0.15) is 66.9 Å². The van der Waals surface area contributed by atoms with Gasteiger partial charge in [-0.25, -0.2) is 0 Å². The molecule has 0 bridgehead atoms. The van der Waals surface area contributed by atoms with Crippen LogP contribution in [-0.2, 0) is 9.59 Å². The highest BCUT2D eigenvalue weighted by atomic mass is 35.5. The van der Waals surface area contributed by atoms with Crippen molar-refractivity contribution < 1.29 is 37.4 Å². The summed E-state index contributed by atoms with van der Waals surface area (Å²) in [6, 6.07) is 9.47. The predicted molar refractivity (Wildman–Crippen MR) is 132 cm³/mol. The van der Waals surface area contributed by atoms with Crippen LogP contribution in [0.2, 0.25) is 5.02 Å². The van der Waals surface area contributed by atoms with E-state index in [0.717, 1.165) is 43.4 Å². The molecule has 5 rings (SSSR count). The molecule has 0 aromatic heterocycles. The average Bonchev–Trinajstić information content (AvgIpc) is 3.57. The van der Waals surface area contributed by atoms with Crippen LogP contribution in [0, 0.1) is 5.92 Å². The van der Waals surface area contributed by atoms with E-state index < -0.39 is 18.1 Å². The molecule has 1 aliphatic heterocycles. The van der Waals surface area contributed by atoms with Gasteiger partial charge < -0.3 is 19.6 Å². The number of benzene rings is 2.